The molecule has 1 aliphatic heterocycles. The first kappa shape index (κ1) is 25.2. The van der Waals surface area contributed by atoms with E-state index < -0.39 is 0 Å². The van der Waals surface area contributed by atoms with Crippen LogP contribution in [-0.4, -0.2) is 87.7 Å². The summed E-state index contributed by atoms with van der Waals surface area (Å²) in [5, 5.41) is 14.0. The van der Waals surface area contributed by atoms with Crippen molar-refractivity contribution in [2.75, 3.05) is 55.3 Å². The van der Waals surface area contributed by atoms with Gasteiger partial charge in [0.25, 0.3) is 5.91 Å². The minimum atomic E-state index is -0.205. The van der Waals surface area contributed by atoms with E-state index in [-0.39, 0.29) is 18.0 Å². The highest BCUT2D eigenvalue weighted by Crippen LogP contribution is 2.30. The van der Waals surface area contributed by atoms with Gasteiger partial charge < -0.3 is 25.0 Å². The van der Waals surface area contributed by atoms with Crippen LogP contribution in [0.3, 0.4) is 0 Å². The lowest BCUT2D eigenvalue weighted by Gasteiger charge is -2.35. The van der Waals surface area contributed by atoms with E-state index in [9.17, 15) is 9.59 Å². The first-order valence-electron chi connectivity index (χ1n) is 13.8. The number of carbonyl (C=O) groups excluding carboxylic acids is 2. The number of piperazine rings is 1. The number of aromatic amines is 2. The number of carbonyl (C=O) groups is 2. The molecule has 2 aromatic carbocycles. The van der Waals surface area contributed by atoms with E-state index in [2.05, 4.69) is 47.6 Å². The normalized spacial score (nSPS) is 16.7. The number of rotatable bonds is 6. The number of nitrogens with one attached hydrogen (secondary N) is 4. The lowest BCUT2D eigenvalue weighted by molar-refractivity contribution is 0.102. The topological polar surface area (TPSA) is 125 Å². The van der Waals surface area contributed by atoms with Crippen LogP contribution in [0.2, 0.25) is 0 Å². The number of fused-ring (bicyclic) bond motifs is 2. The SMILES string of the molecule is CCN(C(=O)Nc1nc2cc(N3CCN(C)CC3)c(C(=O)Nc3ccc4cn[nH]c4c3)cc2[nH]1)C1CCCC1. The maximum absolute atomic E-state index is 13.6. The van der Waals surface area contributed by atoms with Crippen molar-refractivity contribution in [1.29, 1.82) is 0 Å². The summed E-state index contributed by atoms with van der Waals surface area (Å²) in [7, 11) is 2.10. The first-order valence-corrected chi connectivity index (χ1v) is 13.8. The smallest absolute Gasteiger partial charge is 0.324 e. The van der Waals surface area contributed by atoms with Crippen LogP contribution in [0.25, 0.3) is 21.9 Å². The second-order valence-electron chi connectivity index (χ2n) is 10.5. The molecule has 0 unspecified atom stereocenters. The summed E-state index contributed by atoms with van der Waals surface area (Å²) in [6.45, 7) is 6.09. The predicted octanol–water partition coefficient (Wildman–Crippen LogP) is 4.24. The van der Waals surface area contributed by atoms with Gasteiger partial charge in [0.05, 0.1) is 34.0 Å². The molecule has 2 aliphatic rings. The van der Waals surface area contributed by atoms with Crippen LogP contribution in [0.1, 0.15) is 43.0 Å². The highest BCUT2D eigenvalue weighted by Gasteiger charge is 2.27. The third-order valence-electron chi connectivity index (χ3n) is 7.98. The summed E-state index contributed by atoms with van der Waals surface area (Å²) in [4.78, 5) is 41.0. The number of hydrogen-bond donors (Lipinski definition) is 4. The van der Waals surface area contributed by atoms with Crippen molar-refractivity contribution < 1.29 is 9.59 Å². The average molecular weight is 530 g/mol. The minimum Gasteiger partial charge on any atom is -0.368 e. The number of urea groups is 1. The van der Waals surface area contributed by atoms with E-state index >= 15 is 0 Å². The van der Waals surface area contributed by atoms with E-state index in [1.807, 2.05) is 42.2 Å². The molecule has 3 amide bonds. The van der Waals surface area contributed by atoms with Crippen molar-refractivity contribution in [1.82, 2.24) is 30.0 Å². The van der Waals surface area contributed by atoms with Crippen LogP contribution in [0.5, 0.6) is 0 Å². The molecule has 11 heteroatoms. The molecule has 6 rings (SSSR count). The fourth-order valence-electron chi connectivity index (χ4n) is 5.77. The molecule has 39 heavy (non-hydrogen) atoms. The Kier molecular flexibility index (Phi) is 6.82. The number of nitrogens with zero attached hydrogens (tertiary/aromatic N) is 5. The first-order chi connectivity index (χ1) is 19.0. The quantitative estimate of drug-likeness (QED) is 0.296. The lowest BCUT2D eigenvalue weighted by atomic mass is 10.1. The summed E-state index contributed by atoms with van der Waals surface area (Å²) < 4.78 is 0. The fraction of sp³-hybridized carbons (Fsp3) is 0.429. The average Bonchev–Trinajstić information content (AvgIpc) is 3.69. The standard InChI is InChI=1S/C28H35N9O2/c1-3-37(20-6-4-5-7-20)28(39)33-27-31-23-15-21(25(16-24(23)32-27)36-12-10-35(2)11-13-36)26(38)30-19-9-8-18-17-29-34-22(18)14-19/h8-9,14-17,20H,3-7,10-13H2,1-2H3,(H,29,34)(H,30,38)(H2,31,32,33,39). The Labute approximate surface area is 226 Å². The predicted molar refractivity (Wildman–Crippen MR) is 154 cm³/mol. The van der Waals surface area contributed by atoms with E-state index in [1.165, 1.54) is 0 Å². The van der Waals surface area contributed by atoms with Crippen molar-refractivity contribution in [3.63, 3.8) is 0 Å². The molecule has 0 atom stereocenters. The highest BCUT2D eigenvalue weighted by atomic mass is 16.2. The number of hydrogen-bond acceptors (Lipinski definition) is 6. The Morgan fingerprint density at radius 3 is 2.62 bits per heavy atom. The Bertz CT molecular complexity index is 1500. The summed E-state index contributed by atoms with van der Waals surface area (Å²) in [5.74, 6) is 0.182. The third kappa shape index (κ3) is 5.14. The van der Waals surface area contributed by atoms with Gasteiger partial charge in [-0.1, -0.05) is 12.8 Å². The number of imidazole rings is 1. The number of amides is 3. The molecule has 4 aromatic rings. The highest BCUT2D eigenvalue weighted by molar-refractivity contribution is 6.11. The zero-order chi connectivity index (χ0) is 26.9. The molecule has 1 aliphatic carbocycles. The second-order valence-corrected chi connectivity index (χ2v) is 10.5. The number of aromatic nitrogens is 4. The van der Waals surface area contributed by atoms with Gasteiger partial charge in [-0.05, 0) is 57.1 Å². The van der Waals surface area contributed by atoms with Crippen molar-refractivity contribution in [2.45, 2.75) is 38.6 Å². The van der Waals surface area contributed by atoms with Crippen LogP contribution >= 0.6 is 0 Å². The van der Waals surface area contributed by atoms with Gasteiger partial charge in [-0.15, -0.1) is 0 Å². The molecule has 4 N–H and O–H groups in total. The molecule has 0 radical (unpaired) electrons. The van der Waals surface area contributed by atoms with Gasteiger partial charge in [-0.3, -0.25) is 15.2 Å². The molecular formula is C28H35N9O2. The largest absolute Gasteiger partial charge is 0.368 e. The van der Waals surface area contributed by atoms with Crippen molar-refractivity contribution in [2.24, 2.45) is 0 Å². The van der Waals surface area contributed by atoms with E-state index in [0.717, 1.165) is 68.5 Å². The number of anilines is 3. The van der Waals surface area contributed by atoms with Crippen LogP contribution in [0, 0.1) is 0 Å². The molecular weight excluding hydrogens is 494 g/mol. The Morgan fingerprint density at radius 1 is 1.05 bits per heavy atom. The monoisotopic (exact) mass is 529 g/mol. The van der Waals surface area contributed by atoms with Crippen LogP contribution in [-0.2, 0) is 0 Å². The Morgan fingerprint density at radius 2 is 1.85 bits per heavy atom. The molecule has 0 bridgehead atoms. The summed E-state index contributed by atoms with van der Waals surface area (Å²) in [6.07, 6.45) is 6.16. The maximum Gasteiger partial charge on any atom is 0.324 e. The van der Waals surface area contributed by atoms with Gasteiger partial charge in [0.1, 0.15) is 0 Å². The molecule has 1 saturated heterocycles. The van der Waals surface area contributed by atoms with E-state index in [1.54, 1.807) is 6.20 Å². The van der Waals surface area contributed by atoms with Gasteiger partial charge >= 0.3 is 6.03 Å². The van der Waals surface area contributed by atoms with Crippen molar-refractivity contribution in [3.05, 3.63) is 42.1 Å². The zero-order valence-corrected chi connectivity index (χ0v) is 22.5. The molecule has 0 spiro atoms. The molecule has 1 saturated carbocycles. The van der Waals surface area contributed by atoms with Crippen molar-refractivity contribution >= 4 is 51.2 Å². The summed E-state index contributed by atoms with van der Waals surface area (Å²) in [5.41, 5.74) is 4.33. The van der Waals surface area contributed by atoms with Gasteiger partial charge in [0, 0.05) is 49.8 Å². The Balaban J connectivity index is 1.30. The number of likely N-dealkylation sites (N-methyl/N-ethyl adjacent to an activating group) is 1. The van der Waals surface area contributed by atoms with Crippen LogP contribution < -0.4 is 15.5 Å². The number of benzene rings is 2. The van der Waals surface area contributed by atoms with Gasteiger partial charge in [-0.2, -0.15) is 5.10 Å². The maximum atomic E-state index is 13.6. The fourth-order valence-corrected chi connectivity index (χ4v) is 5.77. The molecule has 3 heterocycles. The zero-order valence-electron chi connectivity index (χ0n) is 22.5. The Hall–Kier alpha value is -4.12. The summed E-state index contributed by atoms with van der Waals surface area (Å²) in [6, 6.07) is 9.60. The van der Waals surface area contributed by atoms with Gasteiger partial charge in [0.15, 0.2) is 0 Å². The van der Waals surface area contributed by atoms with Gasteiger partial charge in [0.2, 0.25) is 5.95 Å². The van der Waals surface area contributed by atoms with Crippen LogP contribution in [0.4, 0.5) is 22.1 Å². The van der Waals surface area contributed by atoms with E-state index in [4.69, 9.17) is 0 Å². The van der Waals surface area contributed by atoms with Crippen LogP contribution in [0.15, 0.2) is 36.5 Å². The third-order valence-corrected chi connectivity index (χ3v) is 7.98. The lowest BCUT2D eigenvalue weighted by Crippen LogP contribution is -2.45. The molecule has 2 fully saturated rings. The molecule has 204 valence electrons. The molecule has 2 aromatic heterocycles. The second kappa shape index (κ2) is 10.6. The van der Waals surface area contributed by atoms with Crippen molar-refractivity contribution in [3.8, 4) is 0 Å². The minimum absolute atomic E-state index is 0.144. The van der Waals surface area contributed by atoms with Gasteiger partial charge in [-0.25, -0.2) is 9.78 Å². The molecule has 11 nitrogen and oxygen atoms in total. The number of H-pyrrole nitrogens is 2. The van der Waals surface area contributed by atoms with E-state index in [0.29, 0.717) is 34.8 Å². The summed E-state index contributed by atoms with van der Waals surface area (Å²) >= 11 is 0.